The van der Waals surface area contributed by atoms with Crippen LogP contribution in [0.4, 0.5) is 5.69 Å². The molecule has 0 spiro atoms. The molecular formula is C13H16N2. The zero-order chi connectivity index (χ0) is 10.7. The van der Waals surface area contributed by atoms with Gasteiger partial charge in [-0.15, -0.1) is 0 Å². The van der Waals surface area contributed by atoms with Crippen LogP contribution in [0.5, 0.6) is 0 Å². The second-order valence-corrected chi connectivity index (χ2v) is 4.04. The molecule has 0 fully saturated rings. The van der Waals surface area contributed by atoms with Crippen molar-refractivity contribution in [1.29, 1.82) is 0 Å². The molecule has 1 aliphatic rings. The van der Waals surface area contributed by atoms with Gasteiger partial charge in [-0.25, -0.2) is 0 Å². The minimum atomic E-state index is 0.515. The Hall–Kier alpha value is -1.57. The van der Waals surface area contributed by atoms with E-state index in [9.17, 15) is 0 Å². The van der Waals surface area contributed by atoms with Gasteiger partial charge in [0.1, 0.15) is 0 Å². The van der Waals surface area contributed by atoms with Crippen LogP contribution >= 0.6 is 0 Å². The van der Waals surface area contributed by atoms with E-state index in [4.69, 9.17) is 0 Å². The SMILES string of the molecule is CC(C)C1=NC=CN(c2ccccc2)C1. The molecule has 1 aromatic rings. The summed E-state index contributed by atoms with van der Waals surface area (Å²) in [5, 5.41) is 0. The molecule has 78 valence electrons. The third kappa shape index (κ3) is 2.27. The summed E-state index contributed by atoms with van der Waals surface area (Å²) in [5.41, 5.74) is 2.46. The number of aliphatic imine (C=N–C) groups is 1. The van der Waals surface area contributed by atoms with Gasteiger partial charge in [-0.2, -0.15) is 0 Å². The lowest BCUT2D eigenvalue weighted by Gasteiger charge is -2.25. The molecule has 15 heavy (non-hydrogen) atoms. The van der Waals surface area contributed by atoms with Crippen molar-refractivity contribution in [2.75, 3.05) is 11.4 Å². The predicted molar refractivity (Wildman–Crippen MR) is 65.2 cm³/mol. The first kappa shape index (κ1) is 9.97. The molecule has 0 unspecified atom stereocenters. The molecule has 1 aliphatic heterocycles. The first-order valence-electron chi connectivity index (χ1n) is 5.32. The van der Waals surface area contributed by atoms with Crippen molar-refractivity contribution in [2.24, 2.45) is 10.9 Å². The molecule has 0 saturated heterocycles. The van der Waals surface area contributed by atoms with E-state index >= 15 is 0 Å². The molecular weight excluding hydrogens is 184 g/mol. The molecule has 0 aliphatic carbocycles. The molecule has 1 heterocycles. The standard InChI is InChI=1S/C13H16N2/c1-11(2)13-10-15(9-8-14-13)12-6-4-3-5-7-12/h3-9,11H,10H2,1-2H3. The van der Waals surface area contributed by atoms with E-state index < -0.39 is 0 Å². The Kier molecular flexibility index (Phi) is 2.86. The first-order valence-corrected chi connectivity index (χ1v) is 5.32. The molecule has 0 aromatic heterocycles. The van der Waals surface area contributed by atoms with Crippen LogP contribution in [0.3, 0.4) is 0 Å². The molecule has 0 radical (unpaired) electrons. The Balaban J connectivity index is 2.16. The quantitative estimate of drug-likeness (QED) is 0.716. The maximum absolute atomic E-state index is 4.40. The van der Waals surface area contributed by atoms with Crippen molar-refractivity contribution >= 4 is 11.4 Å². The molecule has 0 atom stereocenters. The van der Waals surface area contributed by atoms with Crippen LogP contribution in [-0.4, -0.2) is 12.3 Å². The molecule has 0 saturated carbocycles. The van der Waals surface area contributed by atoms with Gasteiger partial charge in [-0.05, 0) is 18.1 Å². The number of rotatable bonds is 2. The third-order valence-electron chi connectivity index (χ3n) is 2.57. The minimum Gasteiger partial charge on any atom is -0.341 e. The topological polar surface area (TPSA) is 15.6 Å². The smallest absolute Gasteiger partial charge is 0.0612 e. The van der Waals surface area contributed by atoms with Crippen LogP contribution in [0.1, 0.15) is 13.8 Å². The van der Waals surface area contributed by atoms with Crippen molar-refractivity contribution in [1.82, 2.24) is 0 Å². The largest absolute Gasteiger partial charge is 0.341 e. The summed E-state index contributed by atoms with van der Waals surface area (Å²) in [4.78, 5) is 6.62. The average Bonchev–Trinajstić information content (AvgIpc) is 2.30. The molecule has 1 aromatic carbocycles. The third-order valence-corrected chi connectivity index (χ3v) is 2.57. The van der Waals surface area contributed by atoms with E-state index in [1.165, 1.54) is 11.4 Å². The summed E-state index contributed by atoms with van der Waals surface area (Å²) in [6.45, 7) is 5.26. The van der Waals surface area contributed by atoms with Crippen LogP contribution < -0.4 is 4.90 Å². The molecule has 2 rings (SSSR count). The van der Waals surface area contributed by atoms with Crippen LogP contribution in [0.2, 0.25) is 0 Å². The predicted octanol–water partition coefficient (Wildman–Crippen LogP) is 3.07. The number of hydrogen-bond acceptors (Lipinski definition) is 2. The second-order valence-electron chi connectivity index (χ2n) is 4.04. The minimum absolute atomic E-state index is 0.515. The molecule has 2 nitrogen and oxygen atoms in total. The van der Waals surface area contributed by atoms with E-state index in [1.54, 1.807) is 0 Å². The Morgan fingerprint density at radius 1 is 1.20 bits per heavy atom. The van der Waals surface area contributed by atoms with E-state index in [1.807, 2.05) is 18.5 Å². The van der Waals surface area contributed by atoms with Gasteiger partial charge < -0.3 is 4.90 Å². The van der Waals surface area contributed by atoms with E-state index in [-0.39, 0.29) is 0 Å². The van der Waals surface area contributed by atoms with Crippen LogP contribution in [0, 0.1) is 5.92 Å². The Labute approximate surface area is 90.9 Å². The van der Waals surface area contributed by atoms with E-state index in [2.05, 4.69) is 48.0 Å². The summed E-state index contributed by atoms with van der Waals surface area (Å²) < 4.78 is 0. The monoisotopic (exact) mass is 200 g/mol. The zero-order valence-electron chi connectivity index (χ0n) is 9.22. The fraction of sp³-hybridized carbons (Fsp3) is 0.308. The average molecular weight is 200 g/mol. The van der Waals surface area contributed by atoms with Gasteiger partial charge in [0.15, 0.2) is 0 Å². The fourth-order valence-corrected chi connectivity index (χ4v) is 1.61. The highest BCUT2D eigenvalue weighted by atomic mass is 15.1. The number of para-hydroxylation sites is 1. The van der Waals surface area contributed by atoms with Gasteiger partial charge >= 0.3 is 0 Å². The molecule has 0 amide bonds. The number of benzene rings is 1. The number of nitrogens with zero attached hydrogens (tertiary/aromatic N) is 2. The first-order chi connectivity index (χ1) is 7.27. The second kappa shape index (κ2) is 4.30. The summed E-state index contributed by atoms with van der Waals surface area (Å²) in [7, 11) is 0. The maximum atomic E-state index is 4.40. The van der Waals surface area contributed by atoms with Gasteiger partial charge in [0, 0.05) is 23.8 Å². The van der Waals surface area contributed by atoms with E-state index in [0.29, 0.717) is 5.92 Å². The highest BCUT2D eigenvalue weighted by molar-refractivity contribution is 5.92. The van der Waals surface area contributed by atoms with Gasteiger partial charge in [-0.3, -0.25) is 4.99 Å². The molecule has 0 N–H and O–H groups in total. The van der Waals surface area contributed by atoms with Gasteiger partial charge in [0.05, 0.1) is 6.54 Å². The lowest BCUT2D eigenvalue weighted by molar-refractivity contribution is 0.850. The Morgan fingerprint density at radius 2 is 1.93 bits per heavy atom. The highest BCUT2D eigenvalue weighted by Gasteiger charge is 2.12. The van der Waals surface area contributed by atoms with Crippen LogP contribution in [0.15, 0.2) is 47.7 Å². The molecule has 2 heteroatoms. The maximum Gasteiger partial charge on any atom is 0.0612 e. The summed E-state index contributed by atoms with van der Waals surface area (Å²) in [6.07, 6.45) is 3.91. The summed E-state index contributed by atoms with van der Waals surface area (Å²) in [6, 6.07) is 10.4. The molecule has 0 bridgehead atoms. The lowest BCUT2D eigenvalue weighted by atomic mass is 10.1. The van der Waals surface area contributed by atoms with Crippen molar-refractivity contribution < 1.29 is 0 Å². The van der Waals surface area contributed by atoms with Crippen molar-refractivity contribution in [2.45, 2.75) is 13.8 Å². The van der Waals surface area contributed by atoms with E-state index in [0.717, 1.165) is 6.54 Å². The van der Waals surface area contributed by atoms with Crippen LogP contribution in [0.25, 0.3) is 0 Å². The van der Waals surface area contributed by atoms with Gasteiger partial charge in [0.2, 0.25) is 0 Å². The van der Waals surface area contributed by atoms with Crippen LogP contribution in [-0.2, 0) is 0 Å². The van der Waals surface area contributed by atoms with Gasteiger partial charge in [-0.1, -0.05) is 32.0 Å². The van der Waals surface area contributed by atoms with Crippen molar-refractivity contribution in [3.8, 4) is 0 Å². The Morgan fingerprint density at radius 3 is 2.60 bits per heavy atom. The normalized spacial score (nSPS) is 15.7. The number of anilines is 1. The lowest BCUT2D eigenvalue weighted by Crippen LogP contribution is -2.29. The summed E-state index contributed by atoms with van der Waals surface area (Å²) in [5.74, 6) is 0.515. The highest BCUT2D eigenvalue weighted by Crippen LogP contribution is 2.17. The van der Waals surface area contributed by atoms with Crippen molar-refractivity contribution in [3.05, 3.63) is 42.7 Å². The Bertz CT molecular complexity index is 377. The fourth-order valence-electron chi connectivity index (χ4n) is 1.61. The summed E-state index contributed by atoms with van der Waals surface area (Å²) >= 11 is 0. The van der Waals surface area contributed by atoms with Crippen molar-refractivity contribution in [3.63, 3.8) is 0 Å². The number of hydrogen-bond donors (Lipinski definition) is 0. The zero-order valence-corrected chi connectivity index (χ0v) is 9.22. The van der Waals surface area contributed by atoms with Gasteiger partial charge in [0.25, 0.3) is 0 Å².